The molecule has 0 unspecified atom stereocenters. The Morgan fingerprint density at radius 2 is 1.86 bits per heavy atom. The van der Waals surface area contributed by atoms with Crippen LogP contribution in [-0.2, 0) is 0 Å². The van der Waals surface area contributed by atoms with E-state index in [1.807, 2.05) is 13.0 Å². The molecule has 0 aliphatic heterocycles. The molecule has 2 aromatic carbocycles. The summed E-state index contributed by atoms with van der Waals surface area (Å²) in [5.74, 6) is 1.12. The third kappa shape index (κ3) is 4.50. The molecule has 1 amide bonds. The maximum Gasteiger partial charge on any atom is 0.274 e. The molecule has 28 heavy (non-hydrogen) atoms. The van der Waals surface area contributed by atoms with Crippen molar-refractivity contribution in [2.45, 2.75) is 6.92 Å². The van der Waals surface area contributed by atoms with E-state index in [2.05, 4.69) is 20.6 Å². The van der Waals surface area contributed by atoms with Crippen LogP contribution in [-0.4, -0.2) is 30.1 Å². The number of ether oxygens (including phenoxy) is 2. The molecule has 0 radical (unpaired) electrons. The second-order valence-electron chi connectivity index (χ2n) is 5.87. The van der Waals surface area contributed by atoms with Gasteiger partial charge in [-0.25, -0.2) is 9.97 Å². The van der Waals surface area contributed by atoms with Crippen molar-refractivity contribution in [3.05, 3.63) is 64.9 Å². The minimum atomic E-state index is -0.367. The topological polar surface area (TPSA) is 85.4 Å². The zero-order valence-electron chi connectivity index (χ0n) is 15.6. The average molecular weight is 399 g/mol. The van der Waals surface area contributed by atoms with E-state index >= 15 is 0 Å². The molecule has 144 valence electrons. The lowest BCUT2D eigenvalue weighted by Crippen LogP contribution is -2.15. The van der Waals surface area contributed by atoms with E-state index in [1.165, 1.54) is 12.3 Å². The normalized spacial score (nSPS) is 10.3. The molecule has 0 spiro atoms. The van der Waals surface area contributed by atoms with Gasteiger partial charge in [0.15, 0.2) is 0 Å². The number of benzene rings is 2. The lowest BCUT2D eigenvalue weighted by molar-refractivity contribution is 0.102. The van der Waals surface area contributed by atoms with E-state index in [9.17, 15) is 4.79 Å². The molecule has 7 nitrogen and oxygen atoms in total. The van der Waals surface area contributed by atoms with Gasteiger partial charge in [-0.15, -0.1) is 0 Å². The highest BCUT2D eigenvalue weighted by Gasteiger charge is 2.12. The van der Waals surface area contributed by atoms with Crippen LogP contribution in [0.5, 0.6) is 11.5 Å². The van der Waals surface area contributed by atoms with Crippen LogP contribution in [0.1, 0.15) is 16.1 Å². The van der Waals surface area contributed by atoms with Crippen molar-refractivity contribution in [3.63, 3.8) is 0 Å². The highest BCUT2D eigenvalue weighted by atomic mass is 35.5. The van der Waals surface area contributed by atoms with Gasteiger partial charge in [0.1, 0.15) is 17.2 Å². The first kappa shape index (κ1) is 19.4. The molecule has 0 bridgehead atoms. The van der Waals surface area contributed by atoms with Crippen LogP contribution in [0.2, 0.25) is 5.02 Å². The summed E-state index contributed by atoms with van der Waals surface area (Å²) >= 11 is 6.01. The number of aryl methyl sites for hydroxylation is 1. The third-order valence-corrected chi connectivity index (χ3v) is 4.22. The number of amides is 1. The summed E-state index contributed by atoms with van der Waals surface area (Å²) in [6, 6.07) is 12.1. The number of anilines is 3. The zero-order chi connectivity index (χ0) is 20.1. The first-order valence-corrected chi connectivity index (χ1v) is 8.77. The van der Waals surface area contributed by atoms with Gasteiger partial charge in [0.25, 0.3) is 5.91 Å². The Kier molecular flexibility index (Phi) is 5.96. The molecular formula is C20H19ClN4O3. The maximum absolute atomic E-state index is 12.6. The van der Waals surface area contributed by atoms with Crippen molar-refractivity contribution >= 4 is 34.8 Å². The van der Waals surface area contributed by atoms with Crippen LogP contribution in [0.25, 0.3) is 0 Å². The van der Waals surface area contributed by atoms with Crippen molar-refractivity contribution in [2.75, 3.05) is 24.9 Å². The summed E-state index contributed by atoms with van der Waals surface area (Å²) in [4.78, 5) is 21.0. The predicted molar refractivity (Wildman–Crippen MR) is 109 cm³/mol. The summed E-state index contributed by atoms with van der Waals surface area (Å²) < 4.78 is 10.6. The fraction of sp³-hybridized carbons (Fsp3) is 0.150. The third-order valence-electron chi connectivity index (χ3n) is 3.99. The summed E-state index contributed by atoms with van der Waals surface area (Å²) in [6.07, 6.45) is 1.50. The molecule has 0 aliphatic carbocycles. The number of carbonyl (C=O) groups is 1. The van der Waals surface area contributed by atoms with Crippen molar-refractivity contribution in [3.8, 4) is 11.5 Å². The summed E-state index contributed by atoms with van der Waals surface area (Å²) in [5.41, 5.74) is 2.34. The Labute approximate surface area is 167 Å². The van der Waals surface area contributed by atoms with Crippen LogP contribution >= 0.6 is 11.6 Å². The Bertz CT molecular complexity index is 1010. The Morgan fingerprint density at radius 3 is 2.61 bits per heavy atom. The number of rotatable bonds is 6. The minimum Gasteiger partial charge on any atom is -0.497 e. The van der Waals surface area contributed by atoms with Crippen LogP contribution in [0.4, 0.5) is 17.3 Å². The van der Waals surface area contributed by atoms with Crippen LogP contribution < -0.4 is 20.1 Å². The molecule has 1 aromatic heterocycles. The fourth-order valence-electron chi connectivity index (χ4n) is 2.49. The molecule has 3 rings (SSSR count). The molecular weight excluding hydrogens is 380 g/mol. The second kappa shape index (κ2) is 8.58. The predicted octanol–water partition coefficient (Wildman–Crippen LogP) is 4.45. The van der Waals surface area contributed by atoms with Gasteiger partial charge in [-0.1, -0.05) is 17.7 Å². The number of hydrogen-bond acceptors (Lipinski definition) is 6. The first-order chi connectivity index (χ1) is 13.5. The van der Waals surface area contributed by atoms with Crippen molar-refractivity contribution < 1.29 is 14.3 Å². The van der Waals surface area contributed by atoms with E-state index in [0.29, 0.717) is 27.9 Å². The van der Waals surface area contributed by atoms with Gasteiger partial charge in [0.05, 0.1) is 19.9 Å². The SMILES string of the molecule is COc1ccc(OC)c(Nc2nccc(C(=O)Nc3cc(Cl)ccc3C)n2)c1. The standard InChI is InChI=1S/C20H19ClN4O3/c1-12-4-5-13(21)10-16(12)23-19(26)15-8-9-22-20(24-15)25-17-11-14(27-2)6-7-18(17)28-3/h4-11H,1-3H3,(H,23,26)(H,22,24,25). The smallest absolute Gasteiger partial charge is 0.274 e. The second-order valence-corrected chi connectivity index (χ2v) is 6.31. The summed E-state index contributed by atoms with van der Waals surface area (Å²) in [5, 5.41) is 6.40. The van der Waals surface area contributed by atoms with E-state index in [4.69, 9.17) is 21.1 Å². The van der Waals surface area contributed by atoms with Gasteiger partial charge >= 0.3 is 0 Å². The molecule has 0 saturated heterocycles. The van der Waals surface area contributed by atoms with Gasteiger partial charge in [0, 0.05) is 23.0 Å². The Balaban J connectivity index is 1.82. The number of methoxy groups -OCH3 is 2. The van der Waals surface area contributed by atoms with Gasteiger partial charge < -0.3 is 20.1 Å². The maximum atomic E-state index is 12.6. The molecule has 0 saturated carbocycles. The molecule has 0 fully saturated rings. The number of nitrogens with one attached hydrogen (secondary N) is 2. The van der Waals surface area contributed by atoms with Gasteiger partial charge in [-0.05, 0) is 42.8 Å². The number of hydrogen-bond donors (Lipinski definition) is 2. The van der Waals surface area contributed by atoms with E-state index < -0.39 is 0 Å². The molecule has 1 heterocycles. The van der Waals surface area contributed by atoms with Gasteiger partial charge in [0.2, 0.25) is 5.95 Å². The average Bonchev–Trinajstić information content (AvgIpc) is 2.70. The fourth-order valence-corrected chi connectivity index (χ4v) is 2.66. The largest absolute Gasteiger partial charge is 0.497 e. The molecule has 0 aliphatic rings. The number of nitrogens with zero attached hydrogens (tertiary/aromatic N) is 2. The number of halogens is 1. The monoisotopic (exact) mass is 398 g/mol. The van der Waals surface area contributed by atoms with Gasteiger partial charge in [-0.3, -0.25) is 4.79 Å². The van der Waals surface area contributed by atoms with Crippen LogP contribution in [0, 0.1) is 6.92 Å². The lowest BCUT2D eigenvalue weighted by atomic mass is 10.2. The van der Waals surface area contributed by atoms with Crippen molar-refractivity contribution in [1.29, 1.82) is 0 Å². The molecule has 0 atom stereocenters. The van der Waals surface area contributed by atoms with E-state index in [0.717, 1.165) is 5.56 Å². The molecule has 8 heteroatoms. The summed E-state index contributed by atoms with van der Waals surface area (Å²) in [6.45, 7) is 1.88. The highest BCUT2D eigenvalue weighted by molar-refractivity contribution is 6.31. The summed E-state index contributed by atoms with van der Waals surface area (Å²) in [7, 11) is 3.13. The lowest BCUT2D eigenvalue weighted by Gasteiger charge is -2.12. The number of carbonyl (C=O) groups excluding carboxylic acids is 1. The van der Waals surface area contributed by atoms with E-state index in [1.54, 1.807) is 44.6 Å². The minimum absolute atomic E-state index is 0.207. The Hall–Kier alpha value is -3.32. The molecule has 3 aromatic rings. The van der Waals surface area contributed by atoms with Crippen molar-refractivity contribution in [1.82, 2.24) is 9.97 Å². The Morgan fingerprint density at radius 1 is 1.04 bits per heavy atom. The van der Waals surface area contributed by atoms with Crippen LogP contribution in [0.15, 0.2) is 48.7 Å². The first-order valence-electron chi connectivity index (χ1n) is 8.39. The van der Waals surface area contributed by atoms with Gasteiger partial charge in [-0.2, -0.15) is 0 Å². The quantitative estimate of drug-likeness (QED) is 0.638. The van der Waals surface area contributed by atoms with Crippen molar-refractivity contribution in [2.24, 2.45) is 0 Å². The van der Waals surface area contributed by atoms with Crippen LogP contribution in [0.3, 0.4) is 0 Å². The number of aromatic nitrogens is 2. The zero-order valence-corrected chi connectivity index (χ0v) is 16.4. The highest BCUT2D eigenvalue weighted by Crippen LogP contribution is 2.30. The van der Waals surface area contributed by atoms with E-state index in [-0.39, 0.29) is 17.5 Å². The molecule has 2 N–H and O–H groups in total.